The first-order valence-electron chi connectivity index (χ1n) is 7.27. The lowest BCUT2D eigenvalue weighted by Gasteiger charge is -2.03. The van der Waals surface area contributed by atoms with E-state index < -0.39 is 0 Å². The summed E-state index contributed by atoms with van der Waals surface area (Å²) in [6.45, 7) is 0. The van der Waals surface area contributed by atoms with Gasteiger partial charge in [0.05, 0.1) is 18.9 Å². The van der Waals surface area contributed by atoms with E-state index >= 15 is 0 Å². The fourth-order valence-electron chi connectivity index (χ4n) is 2.33. The molecule has 0 saturated heterocycles. The molecule has 0 bridgehead atoms. The number of esters is 1. The number of rotatable bonds is 4. The van der Waals surface area contributed by atoms with Gasteiger partial charge in [0.25, 0.3) is 0 Å². The number of carbonyl (C=O) groups excluding carboxylic acids is 1. The molecule has 0 radical (unpaired) electrons. The summed E-state index contributed by atoms with van der Waals surface area (Å²) in [5.41, 5.74) is 3.66. The molecule has 0 atom stereocenters. The molecule has 3 nitrogen and oxygen atoms in total. The van der Waals surface area contributed by atoms with E-state index in [2.05, 4.69) is 0 Å². The third-order valence-electron chi connectivity index (χ3n) is 3.53. The fraction of sp³-hybridized carbons (Fsp3) is 0.0500. The third-order valence-corrected chi connectivity index (χ3v) is 3.53. The van der Waals surface area contributed by atoms with Gasteiger partial charge in [-0.05, 0) is 35.4 Å². The Kier molecular flexibility index (Phi) is 4.39. The Balaban J connectivity index is 1.85. The van der Waals surface area contributed by atoms with E-state index in [1.54, 1.807) is 18.4 Å². The third kappa shape index (κ3) is 3.40. The monoisotopic (exact) mass is 304 g/mol. The van der Waals surface area contributed by atoms with Crippen molar-refractivity contribution >= 4 is 18.1 Å². The Morgan fingerprint density at radius 3 is 2.43 bits per heavy atom. The molecule has 0 aliphatic rings. The number of carbonyl (C=O) groups is 1. The highest BCUT2D eigenvalue weighted by Crippen LogP contribution is 2.25. The Morgan fingerprint density at radius 1 is 0.957 bits per heavy atom. The largest absolute Gasteiger partial charge is 0.465 e. The quantitative estimate of drug-likeness (QED) is 0.508. The van der Waals surface area contributed by atoms with Crippen molar-refractivity contribution in [1.82, 2.24) is 0 Å². The summed E-state index contributed by atoms with van der Waals surface area (Å²) in [5.74, 6) is 0.509. The Hall–Kier alpha value is -3.07. The van der Waals surface area contributed by atoms with Gasteiger partial charge in [0.15, 0.2) is 0 Å². The molecule has 0 spiro atoms. The van der Waals surface area contributed by atoms with Gasteiger partial charge in [0.1, 0.15) is 5.76 Å². The summed E-state index contributed by atoms with van der Waals surface area (Å²) in [7, 11) is 1.38. The molecular formula is C20H16O3. The second kappa shape index (κ2) is 6.79. The maximum Gasteiger partial charge on any atom is 0.337 e. The highest BCUT2D eigenvalue weighted by Gasteiger charge is 2.05. The lowest BCUT2D eigenvalue weighted by Crippen LogP contribution is -2.00. The number of furan rings is 1. The standard InChI is InChI=1S/C20H16O3/c1-22-20(21)17-12-9-15(10-13-17)8-11-16-5-2-3-6-18(16)19-7-4-14-23-19/h2-14H,1H3. The first-order chi connectivity index (χ1) is 11.3. The second-order valence-electron chi connectivity index (χ2n) is 5.01. The molecule has 0 fully saturated rings. The molecule has 23 heavy (non-hydrogen) atoms. The zero-order valence-electron chi connectivity index (χ0n) is 12.7. The molecule has 1 aromatic heterocycles. The molecule has 2 aromatic carbocycles. The van der Waals surface area contributed by atoms with Gasteiger partial charge < -0.3 is 9.15 Å². The maximum atomic E-state index is 11.4. The van der Waals surface area contributed by atoms with Crippen molar-refractivity contribution in [3.05, 3.63) is 83.6 Å². The SMILES string of the molecule is COC(=O)c1ccc(C=Cc2ccccc2-c2ccco2)cc1. The Morgan fingerprint density at radius 2 is 1.74 bits per heavy atom. The summed E-state index contributed by atoms with van der Waals surface area (Å²) in [5, 5.41) is 0. The van der Waals surface area contributed by atoms with Crippen LogP contribution in [0.4, 0.5) is 0 Å². The molecule has 0 aliphatic heterocycles. The topological polar surface area (TPSA) is 39.4 Å². The van der Waals surface area contributed by atoms with Crippen molar-refractivity contribution in [3.63, 3.8) is 0 Å². The van der Waals surface area contributed by atoms with Crippen LogP contribution in [-0.2, 0) is 4.74 Å². The molecule has 3 heteroatoms. The van der Waals surface area contributed by atoms with Crippen molar-refractivity contribution in [2.75, 3.05) is 7.11 Å². The zero-order chi connectivity index (χ0) is 16.1. The smallest absolute Gasteiger partial charge is 0.337 e. The minimum atomic E-state index is -0.330. The number of methoxy groups -OCH3 is 1. The zero-order valence-corrected chi connectivity index (χ0v) is 12.7. The number of benzene rings is 2. The molecule has 1 heterocycles. The van der Waals surface area contributed by atoms with E-state index in [0.29, 0.717) is 5.56 Å². The molecule has 0 N–H and O–H groups in total. The molecule has 0 amide bonds. The highest BCUT2D eigenvalue weighted by atomic mass is 16.5. The molecule has 114 valence electrons. The van der Waals surface area contributed by atoms with Crippen molar-refractivity contribution < 1.29 is 13.9 Å². The van der Waals surface area contributed by atoms with E-state index in [4.69, 9.17) is 9.15 Å². The first-order valence-corrected chi connectivity index (χ1v) is 7.27. The first kappa shape index (κ1) is 14.9. The van der Waals surface area contributed by atoms with Gasteiger partial charge in [0, 0.05) is 5.56 Å². The van der Waals surface area contributed by atoms with Gasteiger partial charge in [-0.15, -0.1) is 0 Å². The van der Waals surface area contributed by atoms with Crippen LogP contribution in [0.1, 0.15) is 21.5 Å². The summed E-state index contributed by atoms with van der Waals surface area (Å²) in [6, 6.07) is 19.1. The fourth-order valence-corrected chi connectivity index (χ4v) is 2.33. The summed E-state index contributed by atoms with van der Waals surface area (Å²) in [4.78, 5) is 11.4. The molecular weight excluding hydrogens is 288 g/mol. The van der Waals surface area contributed by atoms with Gasteiger partial charge in [0.2, 0.25) is 0 Å². The average Bonchev–Trinajstić information content (AvgIpc) is 3.14. The molecule has 3 aromatic rings. The number of hydrogen-bond acceptors (Lipinski definition) is 3. The summed E-state index contributed by atoms with van der Waals surface area (Å²) < 4.78 is 10.2. The van der Waals surface area contributed by atoms with Crippen molar-refractivity contribution in [1.29, 1.82) is 0 Å². The van der Waals surface area contributed by atoms with E-state index in [1.165, 1.54) is 7.11 Å². The molecule has 0 aliphatic carbocycles. The van der Waals surface area contributed by atoms with Crippen LogP contribution in [0, 0.1) is 0 Å². The second-order valence-corrected chi connectivity index (χ2v) is 5.01. The van der Waals surface area contributed by atoms with Crippen LogP contribution in [-0.4, -0.2) is 13.1 Å². The van der Waals surface area contributed by atoms with E-state index in [-0.39, 0.29) is 5.97 Å². The summed E-state index contributed by atoms with van der Waals surface area (Å²) in [6.07, 6.45) is 5.70. The summed E-state index contributed by atoms with van der Waals surface area (Å²) >= 11 is 0. The van der Waals surface area contributed by atoms with Gasteiger partial charge in [-0.2, -0.15) is 0 Å². The van der Waals surface area contributed by atoms with Crippen molar-refractivity contribution in [2.24, 2.45) is 0 Å². The van der Waals surface area contributed by atoms with Gasteiger partial charge in [-0.3, -0.25) is 0 Å². The van der Waals surface area contributed by atoms with Crippen LogP contribution in [0.25, 0.3) is 23.5 Å². The number of hydrogen-bond donors (Lipinski definition) is 0. The van der Waals surface area contributed by atoms with Gasteiger partial charge >= 0.3 is 5.97 Å². The van der Waals surface area contributed by atoms with Gasteiger partial charge in [-0.1, -0.05) is 48.6 Å². The van der Waals surface area contributed by atoms with Crippen LogP contribution in [0.2, 0.25) is 0 Å². The van der Waals surface area contributed by atoms with E-state index in [9.17, 15) is 4.79 Å². The Labute approximate surface area is 134 Å². The van der Waals surface area contributed by atoms with Gasteiger partial charge in [-0.25, -0.2) is 4.79 Å². The minimum Gasteiger partial charge on any atom is -0.465 e. The number of ether oxygens (including phenoxy) is 1. The minimum absolute atomic E-state index is 0.330. The van der Waals surface area contributed by atoms with Crippen molar-refractivity contribution in [3.8, 4) is 11.3 Å². The van der Waals surface area contributed by atoms with Crippen LogP contribution < -0.4 is 0 Å². The van der Waals surface area contributed by atoms with Crippen LogP contribution >= 0.6 is 0 Å². The maximum absolute atomic E-state index is 11.4. The van der Waals surface area contributed by atoms with E-state index in [0.717, 1.165) is 22.5 Å². The predicted octanol–water partition coefficient (Wildman–Crippen LogP) is 4.90. The van der Waals surface area contributed by atoms with E-state index in [1.807, 2.05) is 60.7 Å². The molecule has 0 saturated carbocycles. The average molecular weight is 304 g/mol. The lowest BCUT2D eigenvalue weighted by molar-refractivity contribution is 0.0600. The molecule has 0 unspecified atom stereocenters. The van der Waals surface area contributed by atoms with Crippen LogP contribution in [0.3, 0.4) is 0 Å². The van der Waals surface area contributed by atoms with Crippen LogP contribution in [0.5, 0.6) is 0 Å². The highest BCUT2D eigenvalue weighted by molar-refractivity contribution is 5.89. The Bertz CT molecular complexity index is 812. The predicted molar refractivity (Wildman–Crippen MR) is 90.9 cm³/mol. The molecule has 3 rings (SSSR count). The van der Waals surface area contributed by atoms with Crippen LogP contribution in [0.15, 0.2) is 71.3 Å². The normalized spacial score (nSPS) is 10.8. The van der Waals surface area contributed by atoms with Crippen molar-refractivity contribution in [2.45, 2.75) is 0 Å². The lowest BCUT2D eigenvalue weighted by atomic mass is 10.0.